The molecular formula is C17H21N3O5S2. The summed E-state index contributed by atoms with van der Waals surface area (Å²) in [4.78, 5) is 12.1. The van der Waals surface area contributed by atoms with E-state index in [0.29, 0.717) is 25.4 Å². The van der Waals surface area contributed by atoms with Gasteiger partial charge in [0.15, 0.2) is 0 Å². The van der Waals surface area contributed by atoms with Gasteiger partial charge in [-0.2, -0.15) is 21.2 Å². The number of methoxy groups -OCH3 is 2. The molecule has 1 saturated heterocycles. The molecule has 0 spiro atoms. The fourth-order valence-electron chi connectivity index (χ4n) is 2.79. The number of rotatable bonds is 6. The van der Waals surface area contributed by atoms with Gasteiger partial charge in [-0.25, -0.2) is 13.2 Å². The quantitative estimate of drug-likeness (QED) is 0.665. The van der Waals surface area contributed by atoms with Crippen molar-refractivity contribution in [1.82, 2.24) is 14.1 Å². The number of esters is 1. The molecule has 0 N–H and O–H groups in total. The first-order valence-corrected chi connectivity index (χ1v) is 10.9. The molecule has 27 heavy (non-hydrogen) atoms. The van der Waals surface area contributed by atoms with Crippen molar-refractivity contribution in [2.45, 2.75) is 11.6 Å². The highest BCUT2D eigenvalue weighted by molar-refractivity contribution is 7.99. The Labute approximate surface area is 162 Å². The van der Waals surface area contributed by atoms with Crippen molar-refractivity contribution in [2.24, 2.45) is 0 Å². The molecule has 0 saturated carbocycles. The number of carbonyl (C=O) groups is 1. The summed E-state index contributed by atoms with van der Waals surface area (Å²) in [5, 5.41) is 3.96. The zero-order valence-corrected chi connectivity index (χ0v) is 16.8. The Morgan fingerprint density at radius 2 is 2.00 bits per heavy atom. The molecule has 1 fully saturated rings. The van der Waals surface area contributed by atoms with Crippen LogP contribution in [0.1, 0.15) is 15.9 Å². The molecule has 0 unspecified atom stereocenters. The summed E-state index contributed by atoms with van der Waals surface area (Å²) < 4.78 is 38.8. The van der Waals surface area contributed by atoms with Gasteiger partial charge in [0, 0.05) is 30.8 Å². The Bertz CT molecular complexity index is 920. The van der Waals surface area contributed by atoms with E-state index in [0.717, 1.165) is 17.1 Å². The van der Waals surface area contributed by atoms with Crippen LogP contribution in [0.25, 0.3) is 0 Å². The zero-order chi connectivity index (χ0) is 19.4. The smallest absolute Gasteiger partial charge is 0.342 e. The average molecular weight is 412 g/mol. The lowest BCUT2D eigenvalue weighted by Crippen LogP contribution is -2.38. The van der Waals surface area contributed by atoms with Gasteiger partial charge in [-0.3, -0.25) is 4.68 Å². The summed E-state index contributed by atoms with van der Waals surface area (Å²) in [5.41, 5.74) is 0.810. The van der Waals surface area contributed by atoms with E-state index in [1.165, 1.54) is 22.3 Å². The first-order chi connectivity index (χ1) is 13.0. The van der Waals surface area contributed by atoms with E-state index in [1.54, 1.807) is 18.9 Å². The van der Waals surface area contributed by atoms with Crippen LogP contribution >= 0.6 is 11.8 Å². The molecule has 1 aromatic heterocycles. The van der Waals surface area contributed by atoms with Crippen molar-refractivity contribution in [3.05, 3.63) is 41.6 Å². The van der Waals surface area contributed by atoms with E-state index in [2.05, 4.69) is 5.10 Å². The van der Waals surface area contributed by atoms with Gasteiger partial charge < -0.3 is 9.47 Å². The third-order valence-corrected chi connectivity index (χ3v) is 6.94. The number of carbonyl (C=O) groups excluding carboxylic acids is 1. The molecule has 0 radical (unpaired) electrons. The molecule has 146 valence electrons. The number of thioether (sulfide) groups is 1. The highest BCUT2D eigenvalue weighted by Gasteiger charge is 2.34. The summed E-state index contributed by atoms with van der Waals surface area (Å²) in [5.74, 6) is 1.40. The number of hydrogen-bond donors (Lipinski definition) is 0. The minimum absolute atomic E-state index is 0.0568. The molecule has 0 bridgehead atoms. The zero-order valence-electron chi connectivity index (χ0n) is 15.1. The van der Waals surface area contributed by atoms with E-state index in [9.17, 15) is 13.2 Å². The molecule has 1 aliphatic heterocycles. The maximum atomic E-state index is 13.0. The van der Waals surface area contributed by atoms with Gasteiger partial charge in [-0.1, -0.05) is 12.1 Å². The number of nitrogens with zero attached hydrogens (tertiary/aromatic N) is 3. The van der Waals surface area contributed by atoms with Crippen LogP contribution in [-0.2, 0) is 21.3 Å². The van der Waals surface area contributed by atoms with Gasteiger partial charge in [-0.05, 0) is 17.7 Å². The SMILES string of the molecule is COC(=O)c1cn(Cc2cccc(OC)c2)nc1S(=O)(=O)N1CCSCC1. The predicted molar refractivity (Wildman–Crippen MR) is 102 cm³/mol. The first-order valence-electron chi connectivity index (χ1n) is 8.32. The molecule has 10 heteroatoms. The average Bonchev–Trinajstić information content (AvgIpc) is 3.13. The van der Waals surface area contributed by atoms with E-state index in [4.69, 9.17) is 9.47 Å². The van der Waals surface area contributed by atoms with Crippen molar-refractivity contribution < 1.29 is 22.7 Å². The largest absolute Gasteiger partial charge is 0.497 e. The maximum absolute atomic E-state index is 13.0. The first kappa shape index (κ1) is 19.7. The van der Waals surface area contributed by atoms with E-state index in [-0.39, 0.29) is 10.6 Å². The topological polar surface area (TPSA) is 90.7 Å². The maximum Gasteiger partial charge on any atom is 0.342 e. The highest BCUT2D eigenvalue weighted by Crippen LogP contribution is 2.23. The Morgan fingerprint density at radius 3 is 2.67 bits per heavy atom. The fourth-order valence-corrected chi connectivity index (χ4v) is 5.46. The normalized spacial score (nSPS) is 15.5. The van der Waals surface area contributed by atoms with Crippen molar-refractivity contribution in [3.63, 3.8) is 0 Å². The van der Waals surface area contributed by atoms with Crippen molar-refractivity contribution >= 4 is 27.8 Å². The van der Waals surface area contributed by atoms with Gasteiger partial charge in [0.25, 0.3) is 10.0 Å². The van der Waals surface area contributed by atoms with Crippen molar-refractivity contribution in [3.8, 4) is 5.75 Å². The second-order valence-corrected chi connectivity index (χ2v) is 8.98. The van der Waals surface area contributed by atoms with Gasteiger partial charge in [0.2, 0.25) is 5.03 Å². The van der Waals surface area contributed by atoms with Crippen molar-refractivity contribution in [2.75, 3.05) is 38.8 Å². The monoisotopic (exact) mass is 411 g/mol. The second-order valence-electron chi connectivity index (χ2n) is 5.91. The molecule has 3 rings (SSSR count). The molecular weight excluding hydrogens is 390 g/mol. The van der Waals surface area contributed by atoms with Crippen LogP contribution in [0.5, 0.6) is 5.75 Å². The van der Waals surface area contributed by atoms with Crippen LogP contribution < -0.4 is 4.74 Å². The van der Waals surface area contributed by atoms with Gasteiger partial charge >= 0.3 is 5.97 Å². The number of ether oxygens (including phenoxy) is 2. The molecule has 8 nitrogen and oxygen atoms in total. The summed E-state index contributed by atoms with van der Waals surface area (Å²) in [6, 6.07) is 7.35. The molecule has 1 aliphatic rings. The van der Waals surface area contributed by atoms with Gasteiger partial charge in [-0.15, -0.1) is 0 Å². The van der Waals surface area contributed by atoms with E-state index >= 15 is 0 Å². The fraction of sp³-hybridized carbons (Fsp3) is 0.412. The van der Waals surface area contributed by atoms with Crippen LogP contribution in [0, 0.1) is 0 Å². The number of benzene rings is 1. The summed E-state index contributed by atoms with van der Waals surface area (Å²) >= 11 is 1.70. The minimum atomic E-state index is -3.87. The standard InChI is InChI=1S/C17H21N3O5S2/c1-24-14-5-3-4-13(10-14)11-19-12-15(17(21)25-2)16(18-19)27(22,23)20-6-8-26-9-7-20/h3-5,10,12H,6-9,11H2,1-2H3. The summed E-state index contributed by atoms with van der Waals surface area (Å²) in [7, 11) is -1.08. The van der Waals surface area contributed by atoms with Crippen LogP contribution in [0.3, 0.4) is 0 Å². The number of hydrogen-bond acceptors (Lipinski definition) is 7. The third-order valence-electron chi connectivity index (χ3n) is 4.17. The predicted octanol–water partition coefficient (Wildman–Crippen LogP) is 1.46. The lowest BCUT2D eigenvalue weighted by molar-refractivity contribution is 0.0596. The number of aromatic nitrogens is 2. The second kappa shape index (κ2) is 8.32. The Morgan fingerprint density at radius 1 is 1.26 bits per heavy atom. The molecule has 0 aliphatic carbocycles. The van der Waals surface area contributed by atoms with Crippen molar-refractivity contribution in [1.29, 1.82) is 0 Å². The Kier molecular flexibility index (Phi) is 6.08. The van der Waals surface area contributed by atoms with Crippen LogP contribution in [0.15, 0.2) is 35.5 Å². The number of sulfonamides is 1. The highest BCUT2D eigenvalue weighted by atomic mass is 32.2. The molecule has 1 aromatic carbocycles. The summed E-state index contributed by atoms with van der Waals surface area (Å²) in [6.45, 7) is 1.10. The lowest BCUT2D eigenvalue weighted by atomic mass is 10.2. The molecule has 0 amide bonds. The van der Waals surface area contributed by atoms with E-state index in [1.807, 2.05) is 24.3 Å². The Balaban J connectivity index is 1.96. The molecule has 2 aromatic rings. The minimum Gasteiger partial charge on any atom is -0.497 e. The van der Waals surface area contributed by atoms with Crippen LogP contribution in [0.2, 0.25) is 0 Å². The van der Waals surface area contributed by atoms with Crippen LogP contribution in [-0.4, -0.2) is 67.3 Å². The lowest BCUT2D eigenvalue weighted by Gasteiger charge is -2.24. The van der Waals surface area contributed by atoms with Gasteiger partial charge in [0.05, 0.1) is 20.8 Å². The molecule has 0 atom stereocenters. The Hall–Kier alpha value is -2.04. The van der Waals surface area contributed by atoms with Crippen LogP contribution in [0.4, 0.5) is 0 Å². The third kappa shape index (κ3) is 4.28. The van der Waals surface area contributed by atoms with Gasteiger partial charge in [0.1, 0.15) is 11.3 Å². The molecule has 2 heterocycles. The van der Waals surface area contributed by atoms with E-state index < -0.39 is 16.0 Å². The summed E-state index contributed by atoms with van der Waals surface area (Å²) in [6.07, 6.45) is 1.41.